The first-order chi connectivity index (χ1) is 28.1. The highest BCUT2D eigenvalue weighted by atomic mass is 35.5. The van der Waals surface area contributed by atoms with Gasteiger partial charge in [-0.15, -0.1) is 0 Å². The Balaban J connectivity index is 0.730. The van der Waals surface area contributed by atoms with Gasteiger partial charge in [-0.05, 0) is 92.6 Å². The molecule has 14 heteroatoms. The van der Waals surface area contributed by atoms with Crippen LogP contribution in [0, 0.1) is 17.2 Å². The molecule has 2 bridgehead atoms. The number of carbonyl (C=O) groups is 5. The molecule has 13 nitrogen and oxygen atoms in total. The summed E-state index contributed by atoms with van der Waals surface area (Å²) in [5.74, 6) is -0.646. The lowest BCUT2D eigenvalue weighted by atomic mass is 9.95. The maximum atomic E-state index is 13.8. The maximum Gasteiger partial charge on any atom is 0.262 e. The van der Waals surface area contributed by atoms with Crippen molar-refractivity contribution in [3.05, 3.63) is 87.9 Å². The van der Waals surface area contributed by atoms with Crippen molar-refractivity contribution in [3.8, 4) is 11.8 Å². The second kappa shape index (κ2) is 15.7. The Kier molecular flexibility index (Phi) is 10.3. The van der Waals surface area contributed by atoms with E-state index in [1.54, 1.807) is 30.3 Å². The number of hydrogen-bond donors (Lipinski definition) is 1. The Morgan fingerprint density at radius 1 is 0.776 bits per heavy atom. The van der Waals surface area contributed by atoms with Gasteiger partial charge in [0.2, 0.25) is 11.8 Å². The molecule has 9 rings (SSSR count). The lowest BCUT2D eigenvalue weighted by Gasteiger charge is -2.40. The number of piperidine rings is 3. The largest absolute Gasteiger partial charge is 0.490 e. The van der Waals surface area contributed by atoms with Gasteiger partial charge in [0, 0.05) is 100 Å². The molecule has 3 unspecified atom stereocenters. The number of amides is 5. The first-order valence-corrected chi connectivity index (χ1v) is 20.9. The molecule has 0 saturated carbocycles. The zero-order valence-corrected chi connectivity index (χ0v) is 33.0. The number of nitrogens with one attached hydrogen (secondary N) is 1. The van der Waals surface area contributed by atoms with Gasteiger partial charge in [0.1, 0.15) is 24.0 Å². The van der Waals surface area contributed by atoms with Crippen LogP contribution in [0.4, 0.5) is 11.4 Å². The third-order valence-electron chi connectivity index (χ3n) is 13.1. The summed E-state index contributed by atoms with van der Waals surface area (Å²) in [5, 5.41) is 11.8. The lowest BCUT2D eigenvalue weighted by molar-refractivity contribution is -0.136. The molecule has 0 aliphatic carbocycles. The molecule has 58 heavy (non-hydrogen) atoms. The third kappa shape index (κ3) is 7.28. The van der Waals surface area contributed by atoms with Crippen LogP contribution in [0.2, 0.25) is 5.02 Å². The minimum Gasteiger partial charge on any atom is -0.490 e. The summed E-state index contributed by atoms with van der Waals surface area (Å²) in [6.45, 7) is 6.54. The van der Waals surface area contributed by atoms with E-state index >= 15 is 0 Å². The van der Waals surface area contributed by atoms with E-state index in [9.17, 15) is 29.2 Å². The van der Waals surface area contributed by atoms with E-state index < -0.39 is 23.8 Å². The fourth-order valence-corrected chi connectivity index (χ4v) is 10.2. The van der Waals surface area contributed by atoms with Gasteiger partial charge in [-0.1, -0.05) is 11.6 Å². The molecule has 0 aromatic heterocycles. The number of anilines is 2. The number of carbonyl (C=O) groups excluding carboxylic acids is 5. The monoisotopic (exact) mass is 803 g/mol. The van der Waals surface area contributed by atoms with E-state index in [0.717, 1.165) is 106 Å². The molecule has 6 aliphatic heterocycles. The quantitative estimate of drug-likeness (QED) is 0.313. The Labute approximate surface area is 342 Å². The van der Waals surface area contributed by atoms with Gasteiger partial charge >= 0.3 is 0 Å². The first kappa shape index (κ1) is 38.1. The van der Waals surface area contributed by atoms with Crippen LogP contribution in [0.25, 0.3) is 0 Å². The fourth-order valence-electron chi connectivity index (χ4n) is 9.95. The second-order valence-corrected chi connectivity index (χ2v) is 16.9. The average Bonchev–Trinajstić information content (AvgIpc) is 3.65. The molecule has 3 atom stereocenters. The smallest absolute Gasteiger partial charge is 0.262 e. The molecule has 300 valence electrons. The van der Waals surface area contributed by atoms with Gasteiger partial charge in [-0.2, -0.15) is 5.26 Å². The minimum atomic E-state index is -0.969. The molecule has 6 aliphatic rings. The van der Waals surface area contributed by atoms with E-state index in [4.69, 9.17) is 16.3 Å². The van der Waals surface area contributed by atoms with Gasteiger partial charge in [-0.3, -0.25) is 39.1 Å². The van der Waals surface area contributed by atoms with Crippen molar-refractivity contribution in [2.24, 2.45) is 5.92 Å². The number of hydrogen-bond acceptors (Lipinski definition) is 10. The van der Waals surface area contributed by atoms with Gasteiger partial charge in [0.25, 0.3) is 17.7 Å². The number of fused-ring (bicyclic) bond motifs is 3. The Bertz CT molecular complexity index is 2180. The van der Waals surface area contributed by atoms with E-state index in [-0.39, 0.29) is 42.8 Å². The topological polar surface area (TPSA) is 147 Å². The molecule has 5 fully saturated rings. The Morgan fingerprint density at radius 2 is 1.45 bits per heavy atom. The van der Waals surface area contributed by atoms with Crippen molar-refractivity contribution in [2.75, 3.05) is 55.6 Å². The number of nitrogens with zero attached hydrogens (tertiary/aromatic N) is 6. The highest BCUT2D eigenvalue weighted by Gasteiger charge is 2.46. The summed E-state index contributed by atoms with van der Waals surface area (Å²) in [7, 11) is 0. The first-order valence-electron chi connectivity index (χ1n) is 20.5. The van der Waals surface area contributed by atoms with Crippen molar-refractivity contribution < 1.29 is 28.7 Å². The summed E-state index contributed by atoms with van der Waals surface area (Å²) >= 11 is 6.22. The minimum absolute atomic E-state index is 0.0000691. The molecular formula is C44H46ClN7O6. The van der Waals surface area contributed by atoms with Gasteiger partial charge in [0.15, 0.2) is 0 Å². The number of rotatable bonds is 8. The van der Waals surface area contributed by atoms with Gasteiger partial charge < -0.3 is 19.4 Å². The van der Waals surface area contributed by atoms with E-state index in [1.807, 2.05) is 18.2 Å². The average molecular weight is 804 g/mol. The van der Waals surface area contributed by atoms with Gasteiger partial charge in [0.05, 0.1) is 21.7 Å². The number of imide groups is 2. The van der Waals surface area contributed by atoms with Crippen LogP contribution in [0.15, 0.2) is 60.7 Å². The fraction of sp³-hybridized carbons (Fsp3) is 0.455. The molecular weight excluding hydrogens is 758 g/mol. The number of halogens is 1. The zero-order valence-electron chi connectivity index (χ0n) is 32.3. The Morgan fingerprint density at radius 3 is 2.12 bits per heavy atom. The molecule has 0 spiro atoms. The predicted molar refractivity (Wildman–Crippen MR) is 216 cm³/mol. The summed E-state index contributed by atoms with van der Waals surface area (Å²) in [6.07, 6.45) is 5.78. The number of benzene rings is 3. The van der Waals surface area contributed by atoms with Crippen LogP contribution >= 0.6 is 11.6 Å². The van der Waals surface area contributed by atoms with Crippen LogP contribution in [-0.4, -0.2) is 114 Å². The van der Waals surface area contributed by atoms with Gasteiger partial charge in [-0.25, -0.2) is 0 Å². The summed E-state index contributed by atoms with van der Waals surface area (Å²) in [6, 6.07) is 20.0. The Hall–Kier alpha value is -5.45. The second-order valence-electron chi connectivity index (χ2n) is 16.5. The van der Waals surface area contributed by atoms with Crippen molar-refractivity contribution in [1.82, 2.24) is 20.0 Å². The van der Waals surface area contributed by atoms with E-state index in [2.05, 4.69) is 43.1 Å². The van der Waals surface area contributed by atoms with Crippen molar-refractivity contribution in [3.63, 3.8) is 0 Å². The van der Waals surface area contributed by atoms with Crippen LogP contribution < -0.4 is 19.9 Å². The number of nitriles is 1. The highest BCUT2D eigenvalue weighted by Crippen LogP contribution is 2.39. The number of ether oxygens (including phenoxy) is 1. The maximum absolute atomic E-state index is 13.8. The molecule has 5 saturated heterocycles. The van der Waals surface area contributed by atoms with Crippen molar-refractivity contribution >= 4 is 52.5 Å². The van der Waals surface area contributed by atoms with Crippen LogP contribution in [0.1, 0.15) is 88.0 Å². The zero-order chi connectivity index (χ0) is 40.1. The summed E-state index contributed by atoms with van der Waals surface area (Å²) in [4.78, 5) is 74.6. The standard InChI is InChI=1S/C44H46ClN7O6/c45-38-24-34(9-3-29(38)25-46)58-35-21-32-6-7-33(22-35)51(32)42(55)28-1-4-30(5-2-28)50-19-17-48(18-20-50)26-27-13-15-49(16-14-27)31-8-10-36-37(23-31)44(57)52(43(36)56)39-11-12-40(53)47-41(39)54/h1-5,8-10,23-24,27,32-33,35,39H,6-7,11-22,26H2,(H,47,53,54). The van der Waals surface area contributed by atoms with Crippen LogP contribution in [0.3, 0.4) is 0 Å². The predicted octanol–water partition coefficient (Wildman–Crippen LogP) is 4.87. The molecule has 3 aromatic carbocycles. The molecule has 6 heterocycles. The number of piperazine rings is 1. The molecule has 1 N–H and O–H groups in total. The SMILES string of the molecule is N#Cc1ccc(OC2CC3CCC(C2)N3C(=O)c2ccc(N3CCN(CC4CCN(c5ccc6c(c5)C(=O)N(C5CCC(=O)NC5=O)C6=O)CC4)CC3)cc2)cc1Cl. The summed E-state index contributed by atoms with van der Waals surface area (Å²) in [5.41, 5.74) is 3.80. The van der Waals surface area contributed by atoms with Crippen LogP contribution in [-0.2, 0) is 9.59 Å². The van der Waals surface area contributed by atoms with Crippen molar-refractivity contribution in [1.29, 1.82) is 5.26 Å². The van der Waals surface area contributed by atoms with Crippen LogP contribution in [0.5, 0.6) is 5.75 Å². The highest BCUT2D eigenvalue weighted by molar-refractivity contribution is 6.31. The lowest BCUT2D eigenvalue weighted by Crippen LogP contribution is -2.54. The normalized spacial score (nSPS) is 25.2. The molecule has 0 radical (unpaired) electrons. The molecule has 3 aromatic rings. The van der Waals surface area contributed by atoms with Crippen molar-refractivity contribution in [2.45, 2.75) is 75.6 Å². The molecule has 5 amide bonds. The third-order valence-corrected chi connectivity index (χ3v) is 13.4. The van der Waals surface area contributed by atoms with E-state index in [0.29, 0.717) is 33.4 Å². The van der Waals surface area contributed by atoms with E-state index in [1.165, 1.54) is 0 Å². The summed E-state index contributed by atoms with van der Waals surface area (Å²) < 4.78 is 6.27.